The molecule has 20 heavy (non-hydrogen) atoms. The zero-order chi connectivity index (χ0) is 15.0. The number of rotatable bonds is 6. The lowest BCUT2D eigenvalue weighted by Gasteiger charge is -2.03. The molecule has 2 N–H and O–H groups in total. The lowest BCUT2D eigenvalue weighted by molar-refractivity contribution is -0.123. The van der Waals surface area contributed by atoms with E-state index < -0.39 is 12.5 Å². The third-order valence-corrected chi connectivity index (χ3v) is 2.23. The van der Waals surface area contributed by atoms with Crippen molar-refractivity contribution in [2.75, 3.05) is 13.6 Å². The number of ether oxygens (including phenoxy) is 1. The zero-order valence-electron chi connectivity index (χ0n) is 10.7. The highest BCUT2D eigenvalue weighted by molar-refractivity contribution is 5.94. The van der Waals surface area contributed by atoms with E-state index in [1.807, 2.05) is 0 Å². The van der Waals surface area contributed by atoms with Crippen molar-refractivity contribution in [3.8, 4) is 5.75 Å². The number of benzene rings is 1. The third kappa shape index (κ3) is 5.94. The van der Waals surface area contributed by atoms with Crippen molar-refractivity contribution in [2.24, 2.45) is 0 Å². The predicted octanol–water partition coefficient (Wildman–Crippen LogP) is 1.16. The van der Waals surface area contributed by atoms with Gasteiger partial charge < -0.3 is 15.4 Å². The van der Waals surface area contributed by atoms with E-state index in [2.05, 4.69) is 15.4 Å². The molecule has 1 rings (SSSR count). The van der Waals surface area contributed by atoms with E-state index in [0.717, 1.165) is 0 Å². The lowest BCUT2D eigenvalue weighted by atomic mass is 10.2. The van der Waals surface area contributed by atoms with Crippen LogP contribution in [0.3, 0.4) is 0 Å². The van der Waals surface area contributed by atoms with Crippen molar-refractivity contribution >= 4 is 17.9 Å². The molecule has 0 bridgehead atoms. The number of halogens is 2. The van der Waals surface area contributed by atoms with Crippen LogP contribution in [-0.4, -0.2) is 32.0 Å². The molecule has 0 heterocycles. The number of hydrogen-bond acceptors (Lipinski definition) is 3. The van der Waals surface area contributed by atoms with E-state index in [0.29, 0.717) is 5.56 Å². The first-order valence-electron chi connectivity index (χ1n) is 5.72. The quantitative estimate of drug-likeness (QED) is 0.770. The molecule has 0 aromatic heterocycles. The monoisotopic (exact) mass is 284 g/mol. The van der Waals surface area contributed by atoms with Gasteiger partial charge in [0.15, 0.2) is 0 Å². The number of carbonyl (C=O) groups is 2. The summed E-state index contributed by atoms with van der Waals surface area (Å²) in [6.07, 6.45) is 2.73. The van der Waals surface area contributed by atoms with Gasteiger partial charge >= 0.3 is 6.61 Å². The van der Waals surface area contributed by atoms with Crippen molar-refractivity contribution in [2.45, 2.75) is 6.61 Å². The average molecular weight is 284 g/mol. The Bertz CT molecular complexity index is 487. The first-order valence-corrected chi connectivity index (χ1v) is 5.72. The Morgan fingerprint density at radius 3 is 2.50 bits per heavy atom. The second-order valence-corrected chi connectivity index (χ2v) is 3.67. The fourth-order valence-electron chi connectivity index (χ4n) is 1.25. The Morgan fingerprint density at radius 2 is 1.95 bits per heavy atom. The maximum Gasteiger partial charge on any atom is 0.387 e. The summed E-state index contributed by atoms with van der Waals surface area (Å²) in [6.45, 7) is -2.98. The summed E-state index contributed by atoms with van der Waals surface area (Å²) >= 11 is 0. The molecule has 0 fully saturated rings. The van der Waals surface area contributed by atoms with Crippen molar-refractivity contribution < 1.29 is 23.1 Å². The van der Waals surface area contributed by atoms with Crippen LogP contribution in [-0.2, 0) is 9.59 Å². The highest BCUT2D eigenvalue weighted by Gasteiger charge is 2.03. The zero-order valence-corrected chi connectivity index (χ0v) is 10.7. The first-order chi connectivity index (χ1) is 9.51. The van der Waals surface area contributed by atoms with Gasteiger partial charge in [-0.05, 0) is 23.8 Å². The van der Waals surface area contributed by atoms with E-state index in [1.165, 1.54) is 43.5 Å². The largest absolute Gasteiger partial charge is 0.435 e. The number of carbonyl (C=O) groups excluding carboxylic acids is 2. The highest BCUT2D eigenvalue weighted by atomic mass is 19.3. The molecule has 0 aliphatic heterocycles. The van der Waals surface area contributed by atoms with E-state index in [-0.39, 0.29) is 18.2 Å². The molecule has 0 spiro atoms. The molecule has 0 radical (unpaired) electrons. The van der Waals surface area contributed by atoms with Crippen molar-refractivity contribution in [3.05, 3.63) is 35.9 Å². The fraction of sp³-hybridized carbons (Fsp3) is 0.231. The average Bonchev–Trinajstić information content (AvgIpc) is 2.43. The van der Waals surface area contributed by atoms with Crippen molar-refractivity contribution in [1.82, 2.24) is 10.6 Å². The second-order valence-electron chi connectivity index (χ2n) is 3.67. The van der Waals surface area contributed by atoms with Crippen LogP contribution in [0.5, 0.6) is 5.75 Å². The summed E-state index contributed by atoms with van der Waals surface area (Å²) in [5, 5.41) is 4.74. The minimum Gasteiger partial charge on any atom is -0.435 e. The Hall–Kier alpha value is -2.44. The van der Waals surface area contributed by atoms with Gasteiger partial charge in [0.2, 0.25) is 11.8 Å². The molecule has 0 unspecified atom stereocenters. The van der Waals surface area contributed by atoms with Gasteiger partial charge in [-0.1, -0.05) is 12.1 Å². The first kappa shape index (κ1) is 15.6. The van der Waals surface area contributed by atoms with Gasteiger partial charge in [-0.2, -0.15) is 8.78 Å². The predicted molar refractivity (Wildman–Crippen MR) is 69.2 cm³/mol. The van der Waals surface area contributed by atoms with Gasteiger partial charge in [-0.25, -0.2) is 0 Å². The Balaban J connectivity index is 2.49. The molecule has 108 valence electrons. The molecule has 5 nitrogen and oxygen atoms in total. The van der Waals surface area contributed by atoms with E-state index >= 15 is 0 Å². The summed E-state index contributed by atoms with van der Waals surface area (Å²) in [6, 6.07) is 5.79. The summed E-state index contributed by atoms with van der Waals surface area (Å²) in [5.41, 5.74) is 0.640. The molecule has 1 aromatic rings. The van der Waals surface area contributed by atoms with Crippen LogP contribution in [0.4, 0.5) is 8.78 Å². The van der Waals surface area contributed by atoms with Crippen LogP contribution in [0.2, 0.25) is 0 Å². The SMILES string of the molecule is CNC(=O)CNC(=O)/C=C/c1ccc(OC(F)F)cc1. The Labute approximate surface area is 114 Å². The van der Waals surface area contributed by atoms with E-state index in [9.17, 15) is 18.4 Å². The summed E-state index contributed by atoms with van der Waals surface area (Å²) in [7, 11) is 1.47. The molecular formula is C13H14F2N2O3. The number of nitrogens with one attached hydrogen (secondary N) is 2. The third-order valence-electron chi connectivity index (χ3n) is 2.23. The molecule has 1 aromatic carbocycles. The Kier molecular flexibility index (Phi) is 6.15. The molecule has 2 amide bonds. The summed E-state index contributed by atoms with van der Waals surface area (Å²) in [5.74, 6) is -0.692. The minimum absolute atomic E-state index is 0.0428. The van der Waals surface area contributed by atoms with Gasteiger partial charge in [0.1, 0.15) is 5.75 Å². The van der Waals surface area contributed by atoms with Gasteiger partial charge in [0, 0.05) is 13.1 Å². The maximum absolute atomic E-state index is 11.9. The van der Waals surface area contributed by atoms with Crippen LogP contribution in [0.25, 0.3) is 6.08 Å². The highest BCUT2D eigenvalue weighted by Crippen LogP contribution is 2.15. The molecule has 0 saturated carbocycles. The molecule has 7 heteroatoms. The molecule has 0 aliphatic rings. The van der Waals surface area contributed by atoms with Crippen LogP contribution in [0.1, 0.15) is 5.56 Å². The maximum atomic E-state index is 11.9. The van der Waals surface area contributed by atoms with Crippen LogP contribution in [0.15, 0.2) is 30.3 Å². The van der Waals surface area contributed by atoms with E-state index in [1.54, 1.807) is 0 Å². The fourth-order valence-corrected chi connectivity index (χ4v) is 1.25. The van der Waals surface area contributed by atoms with Gasteiger partial charge in [-0.15, -0.1) is 0 Å². The number of hydrogen-bond donors (Lipinski definition) is 2. The summed E-state index contributed by atoms with van der Waals surface area (Å²) < 4.78 is 28.1. The van der Waals surface area contributed by atoms with Gasteiger partial charge in [0.05, 0.1) is 6.54 Å². The second kappa shape index (κ2) is 7.88. The molecular weight excluding hydrogens is 270 g/mol. The van der Waals surface area contributed by atoms with Crippen LogP contribution >= 0.6 is 0 Å². The normalized spacial score (nSPS) is 10.6. The molecule has 0 aliphatic carbocycles. The standard InChI is InChI=1S/C13H14F2N2O3/c1-16-12(19)8-17-11(18)7-4-9-2-5-10(6-3-9)20-13(14)15/h2-7,13H,8H2,1H3,(H,16,19)(H,17,18)/b7-4+. The van der Waals surface area contributed by atoms with Crippen LogP contribution < -0.4 is 15.4 Å². The van der Waals surface area contributed by atoms with Crippen LogP contribution in [0, 0.1) is 0 Å². The number of amides is 2. The molecule has 0 saturated heterocycles. The Morgan fingerprint density at radius 1 is 1.30 bits per heavy atom. The summed E-state index contributed by atoms with van der Waals surface area (Å²) in [4.78, 5) is 22.2. The van der Waals surface area contributed by atoms with Crippen molar-refractivity contribution in [1.29, 1.82) is 0 Å². The van der Waals surface area contributed by atoms with Gasteiger partial charge in [-0.3, -0.25) is 9.59 Å². The number of alkyl halides is 2. The topological polar surface area (TPSA) is 67.4 Å². The van der Waals surface area contributed by atoms with E-state index in [4.69, 9.17) is 0 Å². The molecule has 0 atom stereocenters. The van der Waals surface area contributed by atoms with Gasteiger partial charge in [0.25, 0.3) is 0 Å². The lowest BCUT2D eigenvalue weighted by Crippen LogP contribution is -2.34. The minimum atomic E-state index is -2.87. The van der Waals surface area contributed by atoms with Crippen molar-refractivity contribution in [3.63, 3.8) is 0 Å². The smallest absolute Gasteiger partial charge is 0.387 e. The number of likely N-dealkylation sites (N-methyl/N-ethyl adjacent to an activating group) is 1.